The molecule has 4 aromatic rings. The number of rotatable bonds is 9. The highest BCUT2D eigenvalue weighted by Crippen LogP contribution is 2.29. The molecule has 5 rings (SSSR count). The normalized spacial score (nSPS) is 15.6. The van der Waals surface area contributed by atoms with E-state index in [0.29, 0.717) is 34.3 Å². The van der Waals surface area contributed by atoms with E-state index >= 15 is 0 Å². The summed E-state index contributed by atoms with van der Waals surface area (Å²) in [5, 5.41) is 3.00. The summed E-state index contributed by atoms with van der Waals surface area (Å²) in [5.74, 6) is 1.38. The lowest BCUT2D eigenvalue weighted by molar-refractivity contribution is 0.102. The van der Waals surface area contributed by atoms with Gasteiger partial charge in [-0.2, -0.15) is 0 Å². The third-order valence-electron chi connectivity index (χ3n) is 6.96. The van der Waals surface area contributed by atoms with Gasteiger partial charge >= 0.3 is 0 Å². The Hall–Kier alpha value is -3.43. The third-order valence-corrected chi connectivity index (χ3v) is 7.92. The summed E-state index contributed by atoms with van der Waals surface area (Å²) < 4.78 is 0. The number of nitrogens with zero attached hydrogens (tertiary/aromatic N) is 5. The number of hydrogen-bond donors (Lipinski definition) is 2. The van der Waals surface area contributed by atoms with E-state index in [0.717, 1.165) is 42.4 Å². The minimum Gasteiger partial charge on any atom is -0.370 e. The van der Waals surface area contributed by atoms with E-state index in [2.05, 4.69) is 80.1 Å². The van der Waals surface area contributed by atoms with Gasteiger partial charge in [0.05, 0.1) is 23.0 Å². The van der Waals surface area contributed by atoms with Crippen LogP contribution in [0.4, 0.5) is 11.4 Å². The van der Waals surface area contributed by atoms with Crippen molar-refractivity contribution in [1.82, 2.24) is 24.8 Å². The van der Waals surface area contributed by atoms with Crippen molar-refractivity contribution in [2.75, 3.05) is 42.1 Å². The van der Waals surface area contributed by atoms with Crippen LogP contribution in [0.25, 0.3) is 22.6 Å². The largest absolute Gasteiger partial charge is 0.370 e. The van der Waals surface area contributed by atoms with Crippen molar-refractivity contribution in [3.05, 3.63) is 60.6 Å². The van der Waals surface area contributed by atoms with Gasteiger partial charge in [-0.3, -0.25) is 14.7 Å². The lowest BCUT2D eigenvalue weighted by atomic mass is 10.2. The molecule has 8 nitrogen and oxygen atoms in total. The molecule has 1 aliphatic rings. The first-order valence-corrected chi connectivity index (χ1v) is 13.9. The lowest BCUT2D eigenvalue weighted by Gasteiger charge is -2.26. The molecule has 0 saturated carbocycles. The summed E-state index contributed by atoms with van der Waals surface area (Å²) in [4.78, 5) is 35.8. The molecule has 1 saturated heterocycles. The summed E-state index contributed by atoms with van der Waals surface area (Å²) in [6, 6.07) is 12.7. The van der Waals surface area contributed by atoms with Crippen LogP contribution in [-0.4, -0.2) is 68.7 Å². The molecule has 0 aliphatic carbocycles. The first kappa shape index (κ1) is 25.2. The Morgan fingerprint density at radius 3 is 2.70 bits per heavy atom. The second-order valence-electron chi connectivity index (χ2n) is 9.06. The number of hydrogen-bond acceptors (Lipinski definition) is 7. The molecule has 4 heterocycles. The topological polar surface area (TPSA) is 90.0 Å². The Morgan fingerprint density at radius 1 is 1.14 bits per heavy atom. The van der Waals surface area contributed by atoms with Gasteiger partial charge in [-0.05, 0) is 61.7 Å². The van der Waals surface area contributed by atoms with Gasteiger partial charge in [0.15, 0.2) is 5.65 Å². The number of pyridine rings is 2. The molecule has 3 aromatic heterocycles. The maximum Gasteiger partial charge on any atom is 0.258 e. The van der Waals surface area contributed by atoms with Crippen LogP contribution in [0.3, 0.4) is 0 Å². The highest BCUT2D eigenvalue weighted by atomic mass is 32.2. The van der Waals surface area contributed by atoms with Gasteiger partial charge in [-0.15, -0.1) is 11.8 Å². The van der Waals surface area contributed by atoms with Crippen LogP contribution in [0.5, 0.6) is 0 Å². The average Bonchev–Trinajstić information content (AvgIpc) is 3.59. The minimum atomic E-state index is -0.222. The quantitative estimate of drug-likeness (QED) is 0.292. The monoisotopic (exact) mass is 515 g/mol. The van der Waals surface area contributed by atoms with Crippen LogP contribution >= 0.6 is 11.8 Å². The summed E-state index contributed by atoms with van der Waals surface area (Å²) in [6.45, 7) is 10.9. The molecule has 1 aliphatic heterocycles. The Kier molecular flexibility index (Phi) is 7.71. The second-order valence-corrected chi connectivity index (χ2v) is 10.4. The van der Waals surface area contributed by atoms with Gasteiger partial charge in [0.1, 0.15) is 5.82 Å². The van der Waals surface area contributed by atoms with Crippen LogP contribution in [-0.2, 0) is 0 Å². The van der Waals surface area contributed by atoms with Gasteiger partial charge in [-0.1, -0.05) is 20.8 Å². The number of carbonyl (C=O) groups is 1. The molecular formula is C28H33N7OS. The van der Waals surface area contributed by atoms with Gasteiger partial charge in [0.25, 0.3) is 5.91 Å². The Morgan fingerprint density at radius 2 is 1.95 bits per heavy atom. The summed E-state index contributed by atoms with van der Waals surface area (Å²) >= 11 is 1.66. The molecular weight excluding hydrogens is 482 g/mol. The predicted octanol–water partition coefficient (Wildman–Crippen LogP) is 5.30. The second kappa shape index (κ2) is 11.3. The molecule has 1 unspecified atom stereocenters. The predicted molar refractivity (Wildman–Crippen MR) is 151 cm³/mol. The SMILES string of the molecule is CCSc1ccncc1NC(=O)c1ccnc2nc(-c3ccc(N4CCC(N(CC)CC)C4)cc3)[nH]c12. The van der Waals surface area contributed by atoms with E-state index < -0.39 is 0 Å². The number of carbonyl (C=O) groups excluding carboxylic acids is 1. The molecule has 1 amide bonds. The zero-order valence-corrected chi connectivity index (χ0v) is 22.4. The van der Waals surface area contributed by atoms with Gasteiger partial charge in [-0.25, -0.2) is 9.97 Å². The Balaban J connectivity index is 1.35. The van der Waals surface area contributed by atoms with Crippen molar-refractivity contribution in [2.45, 2.75) is 38.1 Å². The number of aromatic nitrogens is 4. The molecule has 1 fully saturated rings. The summed E-state index contributed by atoms with van der Waals surface area (Å²) in [7, 11) is 0. The Labute approximate surface area is 221 Å². The van der Waals surface area contributed by atoms with Gasteiger partial charge in [0.2, 0.25) is 0 Å². The van der Waals surface area contributed by atoms with Crippen LogP contribution in [0.2, 0.25) is 0 Å². The number of benzene rings is 1. The number of anilines is 2. The number of likely N-dealkylation sites (N-methyl/N-ethyl adjacent to an activating group) is 1. The standard InChI is InChI=1S/C28H33N7OS/c1-4-34(5-2)21-13-16-35(18-21)20-9-7-19(8-10-20)26-32-25-22(11-15-30-27(25)33-26)28(36)31-23-17-29-14-12-24(23)37-6-3/h7-12,14-15,17,21H,4-6,13,16,18H2,1-3H3,(H,31,36)(H,30,32,33). The molecule has 1 atom stereocenters. The maximum absolute atomic E-state index is 13.2. The first-order chi connectivity index (χ1) is 18.1. The number of nitrogens with one attached hydrogen (secondary N) is 2. The van der Waals surface area contributed by atoms with E-state index in [1.54, 1.807) is 36.4 Å². The van der Waals surface area contributed by atoms with Crippen molar-refractivity contribution in [3.8, 4) is 11.4 Å². The van der Waals surface area contributed by atoms with Crippen molar-refractivity contribution in [3.63, 3.8) is 0 Å². The zero-order valence-electron chi connectivity index (χ0n) is 21.6. The number of aromatic amines is 1. The molecule has 192 valence electrons. The minimum absolute atomic E-state index is 0.222. The molecule has 9 heteroatoms. The van der Waals surface area contributed by atoms with Crippen molar-refractivity contribution >= 4 is 40.2 Å². The summed E-state index contributed by atoms with van der Waals surface area (Å²) in [5.41, 5.74) is 4.52. The highest BCUT2D eigenvalue weighted by molar-refractivity contribution is 7.99. The molecule has 2 N–H and O–H groups in total. The highest BCUT2D eigenvalue weighted by Gasteiger charge is 2.26. The van der Waals surface area contributed by atoms with E-state index in [1.807, 2.05) is 6.07 Å². The smallest absolute Gasteiger partial charge is 0.258 e. The fourth-order valence-electron chi connectivity index (χ4n) is 5.03. The fourth-order valence-corrected chi connectivity index (χ4v) is 5.76. The van der Waals surface area contributed by atoms with Crippen LogP contribution in [0.15, 0.2) is 59.9 Å². The molecule has 0 bridgehead atoms. The van der Waals surface area contributed by atoms with Crippen LogP contribution in [0.1, 0.15) is 37.6 Å². The van der Waals surface area contributed by atoms with E-state index in [1.165, 1.54) is 12.1 Å². The molecule has 0 spiro atoms. The molecule has 0 radical (unpaired) electrons. The van der Waals surface area contributed by atoms with Crippen LogP contribution < -0.4 is 10.2 Å². The maximum atomic E-state index is 13.2. The third kappa shape index (κ3) is 5.33. The van der Waals surface area contributed by atoms with Crippen molar-refractivity contribution in [2.24, 2.45) is 0 Å². The van der Waals surface area contributed by atoms with E-state index in [-0.39, 0.29) is 5.91 Å². The first-order valence-electron chi connectivity index (χ1n) is 12.9. The fraction of sp³-hybridized carbons (Fsp3) is 0.357. The average molecular weight is 516 g/mol. The molecule has 37 heavy (non-hydrogen) atoms. The van der Waals surface area contributed by atoms with E-state index in [4.69, 9.17) is 0 Å². The number of imidazole rings is 1. The number of amides is 1. The number of H-pyrrole nitrogens is 1. The molecule has 1 aromatic carbocycles. The lowest BCUT2D eigenvalue weighted by Crippen LogP contribution is -2.37. The Bertz CT molecular complexity index is 1370. The zero-order chi connectivity index (χ0) is 25.8. The summed E-state index contributed by atoms with van der Waals surface area (Å²) in [6.07, 6.45) is 6.23. The van der Waals surface area contributed by atoms with Crippen molar-refractivity contribution in [1.29, 1.82) is 0 Å². The number of thioether (sulfide) groups is 1. The number of fused-ring (bicyclic) bond motifs is 1. The van der Waals surface area contributed by atoms with Crippen LogP contribution in [0, 0.1) is 0 Å². The van der Waals surface area contributed by atoms with Gasteiger partial charge in [0, 0.05) is 47.7 Å². The van der Waals surface area contributed by atoms with Gasteiger partial charge < -0.3 is 15.2 Å². The van der Waals surface area contributed by atoms with E-state index in [9.17, 15) is 4.79 Å². The van der Waals surface area contributed by atoms with Crippen molar-refractivity contribution < 1.29 is 4.79 Å².